The monoisotopic (exact) mass is 237 g/mol. The quantitative estimate of drug-likeness (QED) is 0.816. The zero-order valence-corrected chi connectivity index (χ0v) is 9.82. The molecule has 1 aliphatic heterocycles. The van der Waals surface area contributed by atoms with Gasteiger partial charge >= 0.3 is 0 Å². The highest BCUT2D eigenvalue weighted by atomic mass is 16.7. The van der Waals surface area contributed by atoms with Gasteiger partial charge in [-0.1, -0.05) is 6.07 Å². The van der Waals surface area contributed by atoms with Crippen molar-refractivity contribution in [2.45, 2.75) is 26.0 Å². The van der Waals surface area contributed by atoms with Gasteiger partial charge in [-0.15, -0.1) is 0 Å². The average Bonchev–Trinajstić information content (AvgIpc) is 2.71. The van der Waals surface area contributed by atoms with E-state index in [-0.39, 0.29) is 6.79 Å². The van der Waals surface area contributed by atoms with Gasteiger partial charge in [0.25, 0.3) is 5.91 Å². The molecule has 1 heterocycles. The second-order valence-corrected chi connectivity index (χ2v) is 4.43. The molecule has 0 saturated heterocycles. The molecule has 0 aromatic heterocycles. The number of carbonyl (C=O) groups excluding carboxylic acids is 1. The molecule has 1 aromatic carbocycles. The maximum absolute atomic E-state index is 11.5. The summed E-state index contributed by atoms with van der Waals surface area (Å²) < 4.78 is 10.4. The number of aliphatic hydroxyl groups is 1. The Labute approximate surface area is 99.3 Å². The molecule has 5 heteroatoms. The number of ether oxygens (including phenoxy) is 2. The Morgan fingerprint density at radius 2 is 2.12 bits per heavy atom. The Hall–Kier alpha value is -1.75. The van der Waals surface area contributed by atoms with E-state index in [1.165, 1.54) is 13.8 Å². The van der Waals surface area contributed by atoms with Crippen LogP contribution in [0.1, 0.15) is 19.4 Å². The van der Waals surface area contributed by atoms with Gasteiger partial charge in [0.2, 0.25) is 6.79 Å². The van der Waals surface area contributed by atoms with Crippen molar-refractivity contribution in [3.63, 3.8) is 0 Å². The molecule has 2 rings (SSSR count). The van der Waals surface area contributed by atoms with Crippen LogP contribution in [0.5, 0.6) is 11.5 Å². The highest BCUT2D eigenvalue weighted by Gasteiger charge is 2.23. The summed E-state index contributed by atoms with van der Waals surface area (Å²) in [5, 5.41) is 12.1. The van der Waals surface area contributed by atoms with E-state index >= 15 is 0 Å². The van der Waals surface area contributed by atoms with Crippen LogP contribution in [0, 0.1) is 0 Å². The second-order valence-electron chi connectivity index (χ2n) is 4.43. The summed E-state index contributed by atoms with van der Waals surface area (Å²) in [6.07, 6.45) is 0. The maximum atomic E-state index is 11.5. The SMILES string of the molecule is CC(C)(O)C(=O)NCc1ccc2c(c1)OCO2. The fourth-order valence-corrected chi connectivity index (χ4v) is 1.45. The van der Waals surface area contributed by atoms with Crippen molar-refractivity contribution in [3.8, 4) is 11.5 Å². The number of benzene rings is 1. The Kier molecular flexibility index (Phi) is 2.93. The summed E-state index contributed by atoms with van der Waals surface area (Å²) in [5.74, 6) is 0.984. The van der Waals surface area contributed by atoms with Crippen LogP contribution in [0.3, 0.4) is 0 Å². The molecule has 0 radical (unpaired) electrons. The Morgan fingerprint density at radius 3 is 2.82 bits per heavy atom. The van der Waals surface area contributed by atoms with E-state index in [1.807, 2.05) is 12.1 Å². The number of rotatable bonds is 3. The van der Waals surface area contributed by atoms with Gasteiger partial charge in [-0.25, -0.2) is 0 Å². The molecule has 0 spiro atoms. The van der Waals surface area contributed by atoms with Crippen molar-refractivity contribution >= 4 is 5.91 Å². The lowest BCUT2D eigenvalue weighted by Gasteiger charge is -2.16. The summed E-state index contributed by atoms with van der Waals surface area (Å²) in [6, 6.07) is 5.46. The normalized spacial score (nSPS) is 13.6. The fraction of sp³-hybridized carbons (Fsp3) is 0.417. The number of hydrogen-bond acceptors (Lipinski definition) is 4. The van der Waals surface area contributed by atoms with Gasteiger partial charge in [0, 0.05) is 6.54 Å². The number of hydrogen-bond donors (Lipinski definition) is 2. The zero-order valence-electron chi connectivity index (χ0n) is 9.82. The van der Waals surface area contributed by atoms with Crippen molar-refractivity contribution in [2.75, 3.05) is 6.79 Å². The summed E-state index contributed by atoms with van der Waals surface area (Å²) in [7, 11) is 0. The molecule has 92 valence electrons. The summed E-state index contributed by atoms with van der Waals surface area (Å²) >= 11 is 0. The van der Waals surface area contributed by atoms with Crippen LogP contribution in [-0.2, 0) is 11.3 Å². The lowest BCUT2D eigenvalue weighted by atomic mass is 10.1. The molecule has 0 saturated carbocycles. The molecule has 0 aliphatic carbocycles. The molecule has 1 amide bonds. The Balaban J connectivity index is 1.98. The molecule has 17 heavy (non-hydrogen) atoms. The van der Waals surface area contributed by atoms with Gasteiger partial charge in [-0.05, 0) is 31.5 Å². The molecule has 5 nitrogen and oxygen atoms in total. The topological polar surface area (TPSA) is 67.8 Å². The van der Waals surface area contributed by atoms with E-state index in [1.54, 1.807) is 6.07 Å². The van der Waals surface area contributed by atoms with Crippen LogP contribution in [0.2, 0.25) is 0 Å². The molecule has 0 fully saturated rings. The largest absolute Gasteiger partial charge is 0.454 e. The van der Waals surface area contributed by atoms with Gasteiger partial charge < -0.3 is 19.9 Å². The molecule has 1 aliphatic rings. The highest BCUT2D eigenvalue weighted by molar-refractivity contribution is 5.83. The number of carbonyl (C=O) groups is 1. The summed E-state index contributed by atoms with van der Waals surface area (Å²) in [5.41, 5.74) is -0.470. The number of nitrogens with one attached hydrogen (secondary N) is 1. The minimum atomic E-state index is -1.36. The molecular weight excluding hydrogens is 222 g/mol. The van der Waals surface area contributed by atoms with Crippen molar-refractivity contribution < 1.29 is 19.4 Å². The lowest BCUT2D eigenvalue weighted by Crippen LogP contribution is -2.41. The number of amides is 1. The van der Waals surface area contributed by atoms with E-state index in [0.29, 0.717) is 18.0 Å². The van der Waals surface area contributed by atoms with Crippen LogP contribution in [0.25, 0.3) is 0 Å². The Bertz CT molecular complexity index is 437. The van der Waals surface area contributed by atoms with Crippen molar-refractivity contribution in [3.05, 3.63) is 23.8 Å². The summed E-state index contributed by atoms with van der Waals surface area (Å²) in [4.78, 5) is 11.5. The van der Waals surface area contributed by atoms with Gasteiger partial charge in [0.05, 0.1) is 0 Å². The first-order chi connectivity index (χ1) is 7.97. The lowest BCUT2D eigenvalue weighted by molar-refractivity contribution is -0.136. The van der Waals surface area contributed by atoms with Gasteiger partial charge in [-0.2, -0.15) is 0 Å². The van der Waals surface area contributed by atoms with Gasteiger partial charge in [0.1, 0.15) is 5.60 Å². The highest BCUT2D eigenvalue weighted by Crippen LogP contribution is 2.32. The predicted octanol–water partition coefficient (Wildman–Crippen LogP) is 0.802. The molecular formula is C12H15NO4. The molecule has 2 N–H and O–H groups in total. The van der Waals surface area contributed by atoms with Gasteiger partial charge in [0.15, 0.2) is 11.5 Å². The van der Waals surface area contributed by atoms with Crippen molar-refractivity contribution in [1.82, 2.24) is 5.32 Å². The van der Waals surface area contributed by atoms with E-state index in [9.17, 15) is 9.90 Å². The van der Waals surface area contributed by atoms with Crippen molar-refractivity contribution in [2.24, 2.45) is 0 Å². The summed E-state index contributed by atoms with van der Waals surface area (Å²) in [6.45, 7) is 3.47. The van der Waals surface area contributed by atoms with Crippen LogP contribution < -0.4 is 14.8 Å². The van der Waals surface area contributed by atoms with Crippen LogP contribution in [-0.4, -0.2) is 23.4 Å². The van der Waals surface area contributed by atoms with E-state index < -0.39 is 11.5 Å². The molecule has 1 aromatic rings. The van der Waals surface area contributed by atoms with Crippen LogP contribution >= 0.6 is 0 Å². The maximum Gasteiger partial charge on any atom is 0.251 e. The molecule has 0 unspecified atom stereocenters. The predicted molar refractivity (Wildman–Crippen MR) is 60.7 cm³/mol. The first kappa shape index (κ1) is 11.7. The third-order valence-corrected chi connectivity index (χ3v) is 2.45. The Morgan fingerprint density at radius 1 is 1.41 bits per heavy atom. The third-order valence-electron chi connectivity index (χ3n) is 2.45. The van der Waals surface area contributed by atoms with Crippen LogP contribution in [0.15, 0.2) is 18.2 Å². The smallest absolute Gasteiger partial charge is 0.251 e. The molecule has 0 bridgehead atoms. The number of fused-ring (bicyclic) bond motifs is 1. The minimum Gasteiger partial charge on any atom is -0.454 e. The fourth-order valence-electron chi connectivity index (χ4n) is 1.45. The molecule has 0 atom stereocenters. The van der Waals surface area contributed by atoms with Crippen LogP contribution in [0.4, 0.5) is 0 Å². The minimum absolute atomic E-state index is 0.231. The third kappa shape index (κ3) is 2.68. The first-order valence-corrected chi connectivity index (χ1v) is 5.36. The van der Waals surface area contributed by atoms with E-state index in [2.05, 4.69) is 5.32 Å². The average molecular weight is 237 g/mol. The standard InChI is InChI=1S/C12H15NO4/c1-12(2,15)11(14)13-6-8-3-4-9-10(5-8)17-7-16-9/h3-5,15H,6-7H2,1-2H3,(H,13,14). The van der Waals surface area contributed by atoms with Gasteiger partial charge in [-0.3, -0.25) is 4.79 Å². The van der Waals surface area contributed by atoms with E-state index in [0.717, 1.165) is 5.56 Å². The van der Waals surface area contributed by atoms with Crippen molar-refractivity contribution in [1.29, 1.82) is 0 Å². The zero-order chi connectivity index (χ0) is 12.5. The second kappa shape index (κ2) is 4.25. The van der Waals surface area contributed by atoms with E-state index in [4.69, 9.17) is 9.47 Å². The first-order valence-electron chi connectivity index (χ1n) is 5.36.